The summed E-state index contributed by atoms with van der Waals surface area (Å²) >= 11 is 0. The van der Waals surface area contributed by atoms with Crippen LogP contribution in [0.1, 0.15) is 74.4 Å². The summed E-state index contributed by atoms with van der Waals surface area (Å²) in [4.78, 5) is 27.6. The number of carbonyl (C=O) groups excluding carboxylic acids is 2. The van der Waals surface area contributed by atoms with Crippen LogP contribution in [0.2, 0.25) is 0 Å². The third-order valence-electron chi connectivity index (χ3n) is 6.06. The first kappa shape index (κ1) is 24.6. The standard InChI is InChI=1S/C27H38N4O2/c1-19(2)13-14-28-27(33)30-24-17-23(11-12-25(24)31-15-5-6-16-31)26(32)29-18-21-7-9-22(10-8-21)20(3)4/h7-12,17,19-20H,5-6,13-16,18H2,1-4H3,(H,29,32)(H2,28,30,33). The Hall–Kier alpha value is -3.02. The molecular formula is C27H38N4O2. The van der Waals surface area contributed by atoms with Crippen LogP contribution in [0.5, 0.6) is 0 Å². The highest BCUT2D eigenvalue weighted by Gasteiger charge is 2.19. The van der Waals surface area contributed by atoms with Crippen LogP contribution in [0.25, 0.3) is 0 Å². The lowest BCUT2D eigenvalue weighted by molar-refractivity contribution is 0.0951. The Morgan fingerprint density at radius 1 is 0.939 bits per heavy atom. The first-order valence-corrected chi connectivity index (χ1v) is 12.1. The van der Waals surface area contributed by atoms with E-state index in [2.05, 4.69) is 72.8 Å². The third kappa shape index (κ3) is 7.24. The first-order chi connectivity index (χ1) is 15.8. The summed E-state index contributed by atoms with van der Waals surface area (Å²) in [6, 6.07) is 13.7. The van der Waals surface area contributed by atoms with Gasteiger partial charge >= 0.3 is 6.03 Å². The molecule has 0 atom stereocenters. The van der Waals surface area contributed by atoms with Crippen molar-refractivity contribution in [1.29, 1.82) is 0 Å². The van der Waals surface area contributed by atoms with Gasteiger partial charge in [0.15, 0.2) is 0 Å². The highest BCUT2D eigenvalue weighted by molar-refractivity contribution is 5.99. The number of benzene rings is 2. The van der Waals surface area contributed by atoms with E-state index in [4.69, 9.17) is 0 Å². The van der Waals surface area contributed by atoms with Crippen molar-refractivity contribution in [3.8, 4) is 0 Å². The highest BCUT2D eigenvalue weighted by atomic mass is 16.2. The molecule has 2 aromatic carbocycles. The summed E-state index contributed by atoms with van der Waals surface area (Å²) < 4.78 is 0. The molecule has 0 unspecified atom stereocenters. The molecule has 1 heterocycles. The van der Waals surface area contributed by atoms with E-state index in [9.17, 15) is 9.59 Å². The Labute approximate surface area is 198 Å². The number of hydrogen-bond acceptors (Lipinski definition) is 3. The van der Waals surface area contributed by atoms with Gasteiger partial charge in [-0.05, 0) is 60.4 Å². The van der Waals surface area contributed by atoms with Crippen LogP contribution in [-0.2, 0) is 6.54 Å². The molecular weight excluding hydrogens is 412 g/mol. The van der Waals surface area contributed by atoms with E-state index in [0.29, 0.717) is 36.2 Å². The summed E-state index contributed by atoms with van der Waals surface area (Å²) in [6.07, 6.45) is 3.20. The zero-order chi connectivity index (χ0) is 23.8. The van der Waals surface area contributed by atoms with Gasteiger partial charge in [-0.25, -0.2) is 4.79 Å². The molecule has 0 aliphatic carbocycles. The molecule has 3 rings (SSSR count). The summed E-state index contributed by atoms with van der Waals surface area (Å²) in [6.45, 7) is 11.6. The fourth-order valence-corrected chi connectivity index (χ4v) is 3.96. The van der Waals surface area contributed by atoms with Crippen molar-refractivity contribution in [1.82, 2.24) is 10.6 Å². The Balaban J connectivity index is 1.68. The SMILES string of the molecule is CC(C)CCNC(=O)Nc1cc(C(=O)NCc2ccc(C(C)C)cc2)ccc1N1CCCC1. The van der Waals surface area contributed by atoms with E-state index in [-0.39, 0.29) is 11.9 Å². The molecule has 0 aromatic heterocycles. The minimum absolute atomic E-state index is 0.154. The number of urea groups is 1. The van der Waals surface area contributed by atoms with Gasteiger partial charge in [0.2, 0.25) is 0 Å². The summed E-state index contributed by atoms with van der Waals surface area (Å²) in [5, 5.41) is 8.89. The second kappa shape index (κ2) is 11.7. The average molecular weight is 451 g/mol. The van der Waals surface area contributed by atoms with E-state index in [1.54, 1.807) is 6.07 Å². The van der Waals surface area contributed by atoms with Gasteiger partial charge in [-0.2, -0.15) is 0 Å². The minimum Gasteiger partial charge on any atom is -0.370 e. The number of rotatable bonds is 9. The maximum Gasteiger partial charge on any atom is 0.319 e. The van der Waals surface area contributed by atoms with Crippen molar-refractivity contribution < 1.29 is 9.59 Å². The first-order valence-electron chi connectivity index (χ1n) is 12.1. The average Bonchev–Trinajstić information content (AvgIpc) is 3.32. The van der Waals surface area contributed by atoms with E-state index in [1.807, 2.05) is 12.1 Å². The largest absolute Gasteiger partial charge is 0.370 e. The van der Waals surface area contributed by atoms with E-state index in [0.717, 1.165) is 43.6 Å². The number of nitrogens with one attached hydrogen (secondary N) is 3. The van der Waals surface area contributed by atoms with Crippen molar-refractivity contribution in [2.24, 2.45) is 5.92 Å². The molecule has 1 fully saturated rings. The number of anilines is 2. The maximum atomic E-state index is 12.9. The topological polar surface area (TPSA) is 73.5 Å². The van der Waals surface area contributed by atoms with Crippen LogP contribution in [-0.4, -0.2) is 31.6 Å². The van der Waals surface area contributed by atoms with Crippen molar-refractivity contribution in [2.45, 2.75) is 59.4 Å². The predicted octanol–water partition coefficient (Wildman–Crippen LogP) is 5.51. The van der Waals surface area contributed by atoms with Crippen LogP contribution in [0, 0.1) is 5.92 Å². The quantitative estimate of drug-likeness (QED) is 0.472. The van der Waals surface area contributed by atoms with Crippen molar-refractivity contribution in [3.63, 3.8) is 0 Å². The fourth-order valence-electron chi connectivity index (χ4n) is 3.96. The van der Waals surface area contributed by atoms with Gasteiger partial charge in [-0.15, -0.1) is 0 Å². The highest BCUT2D eigenvalue weighted by Crippen LogP contribution is 2.30. The molecule has 2 aromatic rings. The molecule has 0 radical (unpaired) electrons. The Morgan fingerprint density at radius 2 is 1.64 bits per heavy atom. The second-order valence-electron chi connectivity index (χ2n) is 9.57. The zero-order valence-electron chi connectivity index (χ0n) is 20.4. The minimum atomic E-state index is -0.237. The molecule has 6 nitrogen and oxygen atoms in total. The number of nitrogens with zero attached hydrogens (tertiary/aromatic N) is 1. The van der Waals surface area contributed by atoms with Gasteiger partial charge in [-0.3, -0.25) is 4.79 Å². The van der Waals surface area contributed by atoms with Gasteiger partial charge in [-0.1, -0.05) is 52.0 Å². The van der Waals surface area contributed by atoms with Crippen LogP contribution < -0.4 is 20.9 Å². The van der Waals surface area contributed by atoms with Gasteiger partial charge in [0, 0.05) is 31.7 Å². The molecule has 6 heteroatoms. The maximum absolute atomic E-state index is 12.9. The Bertz CT molecular complexity index is 932. The number of amides is 3. The fraction of sp³-hybridized carbons (Fsp3) is 0.481. The molecule has 3 N–H and O–H groups in total. The molecule has 33 heavy (non-hydrogen) atoms. The summed E-state index contributed by atoms with van der Waals surface area (Å²) in [5.74, 6) is 0.856. The lowest BCUT2D eigenvalue weighted by Crippen LogP contribution is -2.31. The summed E-state index contributed by atoms with van der Waals surface area (Å²) in [7, 11) is 0. The van der Waals surface area contributed by atoms with Crippen LogP contribution in [0.3, 0.4) is 0 Å². The molecule has 1 aliphatic heterocycles. The predicted molar refractivity (Wildman–Crippen MR) is 136 cm³/mol. The van der Waals surface area contributed by atoms with Crippen LogP contribution >= 0.6 is 0 Å². The zero-order valence-corrected chi connectivity index (χ0v) is 20.4. The molecule has 0 spiro atoms. The van der Waals surface area contributed by atoms with Crippen LogP contribution in [0.4, 0.5) is 16.2 Å². The van der Waals surface area contributed by atoms with Gasteiger partial charge in [0.1, 0.15) is 0 Å². The molecule has 1 aliphatic rings. The Kier molecular flexibility index (Phi) is 8.75. The molecule has 0 saturated carbocycles. The number of hydrogen-bond donors (Lipinski definition) is 3. The van der Waals surface area contributed by atoms with Crippen molar-refractivity contribution in [3.05, 3.63) is 59.2 Å². The smallest absolute Gasteiger partial charge is 0.319 e. The van der Waals surface area contributed by atoms with Gasteiger partial charge in [0.25, 0.3) is 5.91 Å². The normalized spacial score (nSPS) is 13.5. The third-order valence-corrected chi connectivity index (χ3v) is 6.06. The van der Waals surface area contributed by atoms with E-state index >= 15 is 0 Å². The Morgan fingerprint density at radius 3 is 2.27 bits per heavy atom. The summed E-state index contributed by atoms with van der Waals surface area (Å²) in [5.41, 5.74) is 4.52. The lowest BCUT2D eigenvalue weighted by Gasteiger charge is -2.22. The second-order valence-corrected chi connectivity index (χ2v) is 9.57. The van der Waals surface area contributed by atoms with E-state index < -0.39 is 0 Å². The van der Waals surface area contributed by atoms with Crippen molar-refractivity contribution in [2.75, 3.05) is 29.9 Å². The van der Waals surface area contributed by atoms with Crippen molar-refractivity contribution >= 4 is 23.3 Å². The number of carbonyl (C=O) groups is 2. The molecule has 178 valence electrons. The monoisotopic (exact) mass is 450 g/mol. The van der Waals surface area contributed by atoms with E-state index in [1.165, 1.54) is 5.56 Å². The van der Waals surface area contributed by atoms with Gasteiger partial charge < -0.3 is 20.9 Å². The van der Waals surface area contributed by atoms with Gasteiger partial charge in [0.05, 0.1) is 11.4 Å². The molecule has 1 saturated heterocycles. The molecule has 0 bridgehead atoms. The van der Waals surface area contributed by atoms with Crippen LogP contribution in [0.15, 0.2) is 42.5 Å². The molecule has 3 amide bonds. The lowest BCUT2D eigenvalue weighted by atomic mass is 10.0.